The molecule has 5 rings (SSSR count). The molecule has 5 aliphatic carbocycles. The summed E-state index contributed by atoms with van der Waals surface area (Å²) in [4.78, 5) is 12.2. The van der Waals surface area contributed by atoms with E-state index in [0.717, 1.165) is 37.0 Å². The number of ether oxygens (including phenoxy) is 1. The summed E-state index contributed by atoms with van der Waals surface area (Å²) in [6.45, 7) is 24.0. The molecule has 40 heavy (non-hydrogen) atoms. The van der Waals surface area contributed by atoms with Crippen molar-refractivity contribution in [2.45, 2.75) is 138 Å². The van der Waals surface area contributed by atoms with Crippen molar-refractivity contribution in [3.63, 3.8) is 0 Å². The Kier molecular flexibility index (Phi) is 7.38. The summed E-state index contributed by atoms with van der Waals surface area (Å²) in [5, 5.41) is 0. The molecule has 0 heterocycles. The standard InChI is InChI=1S/C37H61NO2/c1-24(2)26-16-21-37(38)23-22-35(8)27(30(26)37)13-14-29-34(7)19-15-25(12-11-18-32(3,4)31(39)40-10)33(5,6)28(34)17-20-36(29,35)9/h15,26-30H,1,11-14,16-23,38H2,2-10H3/t26-,27+,28-,29+,30+,34-,35+,36+,37-/m0/s1. The van der Waals surface area contributed by atoms with Crippen molar-refractivity contribution in [3.8, 4) is 0 Å². The molecule has 5 aliphatic rings. The van der Waals surface area contributed by atoms with Gasteiger partial charge in [0.25, 0.3) is 0 Å². The van der Waals surface area contributed by atoms with E-state index in [9.17, 15) is 4.79 Å². The van der Waals surface area contributed by atoms with Gasteiger partial charge in [-0.1, -0.05) is 58.4 Å². The van der Waals surface area contributed by atoms with Gasteiger partial charge in [-0.25, -0.2) is 0 Å². The van der Waals surface area contributed by atoms with Crippen LogP contribution in [0.4, 0.5) is 0 Å². The lowest BCUT2D eigenvalue weighted by atomic mass is 9.33. The number of fused-ring (bicyclic) bond motifs is 7. The molecule has 0 amide bonds. The maximum Gasteiger partial charge on any atom is 0.311 e. The second kappa shape index (κ2) is 9.72. The third kappa shape index (κ3) is 4.16. The van der Waals surface area contributed by atoms with Crippen molar-refractivity contribution in [3.05, 3.63) is 23.8 Å². The number of hydrogen-bond donors (Lipinski definition) is 1. The number of carbonyl (C=O) groups is 1. The van der Waals surface area contributed by atoms with Crippen LogP contribution in [0, 0.1) is 56.7 Å². The maximum atomic E-state index is 12.2. The molecule has 0 saturated heterocycles. The Balaban J connectivity index is 1.40. The number of nitrogens with two attached hydrogens (primary N) is 1. The Bertz CT molecular complexity index is 1070. The molecule has 3 nitrogen and oxygen atoms in total. The molecule has 0 aromatic heterocycles. The first-order chi connectivity index (χ1) is 18.5. The maximum absolute atomic E-state index is 12.2. The van der Waals surface area contributed by atoms with Crippen LogP contribution < -0.4 is 5.73 Å². The van der Waals surface area contributed by atoms with E-state index in [0.29, 0.717) is 28.1 Å². The summed E-state index contributed by atoms with van der Waals surface area (Å²) in [5.74, 6) is 3.37. The molecule has 0 radical (unpaired) electrons. The van der Waals surface area contributed by atoms with Crippen molar-refractivity contribution in [1.82, 2.24) is 0 Å². The molecule has 2 N–H and O–H groups in total. The van der Waals surface area contributed by atoms with Crippen LogP contribution in [0.15, 0.2) is 23.8 Å². The minimum atomic E-state index is -0.410. The van der Waals surface area contributed by atoms with Gasteiger partial charge >= 0.3 is 5.97 Å². The molecular formula is C37H61NO2. The second-order valence-corrected chi connectivity index (χ2v) is 17.3. The van der Waals surface area contributed by atoms with Gasteiger partial charge in [-0.3, -0.25) is 4.79 Å². The van der Waals surface area contributed by atoms with Crippen LogP contribution in [0.3, 0.4) is 0 Å². The third-order valence-corrected chi connectivity index (χ3v) is 14.9. The topological polar surface area (TPSA) is 52.3 Å². The molecule has 0 spiro atoms. The summed E-state index contributed by atoms with van der Waals surface area (Å²) in [5.41, 5.74) is 11.2. The van der Waals surface area contributed by atoms with Gasteiger partial charge in [0, 0.05) is 5.54 Å². The molecule has 4 fully saturated rings. The van der Waals surface area contributed by atoms with Gasteiger partial charge in [-0.05, 0) is 149 Å². The zero-order valence-electron chi connectivity index (χ0n) is 27.6. The molecule has 0 unspecified atom stereocenters. The highest BCUT2D eigenvalue weighted by atomic mass is 16.5. The van der Waals surface area contributed by atoms with E-state index in [1.807, 2.05) is 13.8 Å². The predicted molar refractivity (Wildman–Crippen MR) is 167 cm³/mol. The summed E-state index contributed by atoms with van der Waals surface area (Å²) < 4.78 is 5.07. The molecule has 0 aromatic rings. The number of esters is 1. The van der Waals surface area contributed by atoms with Gasteiger partial charge in [-0.2, -0.15) is 0 Å². The highest BCUT2D eigenvalue weighted by Gasteiger charge is 2.69. The Morgan fingerprint density at radius 2 is 1.70 bits per heavy atom. The number of allylic oxidation sites excluding steroid dienone is 3. The smallest absolute Gasteiger partial charge is 0.311 e. The predicted octanol–water partition coefficient (Wildman–Crippen LogP) is 9.26. The summed E-state index contributed by atoms with van der Waals surface area (Å²) in [6, 6.07) is 0. The molecule has 3 heteroatoms. The number of rotatable bonds is 6. The van der Waals surface area contributed by atoms with Gasteiger partial charge in [0.05, 0.1) is 12.5 Å². The lowest BCUT2D eigenvalue weighted by Gasteiger charge is -2.72. The van der Waals surface area contributed by atoms with Gasteiger partial charge in [0.15, 0.2) is 0 Å². The zero-order valence-corrected chi connectivity index (χ0v) is 27.6. The van der Waals surface area contributed by atoms with Crippen LogP contribution in [-0.2, 0) is 9.53 Å². The highest BCUT2D eigenvalue weighted by molar-refractivity contribution is 5.75. The van der Waals surface area contributed by atoms with Gasteiger partial charge in [0.2, 0.25) is 0 Å². The lowest BCUT2D eigenvalue weighted by Crippen LogP contribution is -2.67. The Hall–Kier alpha value is -1.09. The van der Waals surface area contributed by atoms with Crippen molar-refractivity contribution in [1.29, 1.82) is 0 Å². The van der Waals surface area contributed by atoms with Crippen molar-refractivity contribution < 1.29 is 9.53 Å². The minimum Gasteiger partial charge on any atom is -0.469 e. The third-order valence-electron chi connectivity index (χ3n) is 14.9. The van der Waals surface area contributed by atoms with E-state index in [1.165, 1.54) is 70.5 Å². The fourth-order valence-electron chi connectivity index (χ4n) is 12.4. The second-order valence-electron chi connectivity index (χ2n) is 17.3. The van der Waals surface area contributed by atoms with Crippen molar-refractivity contribution in [2.24, 2.45) is 62.4 Å². The molecule has 9 atom stereocenters. The Labute approximate surface area is 246 Å². The Morgan fingerprint density at radius 1 is 1.00 bits per heavy atom. The molecule has 0 aliphatic heterocycles. The largest absolute Gasteiger partial charge is 0.469 e. The number of carbonyl (C=O) groups excluding carboxylic acids is 1. The monoisotopic (exact) mass is 551 g/mol. The van der Waals surface area contributed by atoms with Crippen LogP contribution in [0.5, 0.6) is 0 Å². The lowest BCUT2D eigenvalue weighted by molar-refractivity contribution is -0.219. The van der Waals surface area contributed by atoms with Crippen molar-refractivity contribution >= 4 is 5.97 Å². The average Bonchev–Trinajstić information content (AvgIpc) is 3.23. The van der Waals surface area contributed by atoms with Crippen LogP contribution in [-0.4, -0.2) is 18.6 Å². The van der Waals surface area contributed by atoms with Crippen LogP contribution in [0.1, 0.15) is 132 Å². The fraction of sp³-hybridized carbons (Fsp3) is 0.865. The van der Waals surface area contributed by atoms with Crippen molar-refractivity contribution in [2.75, 3.05) is 7.11 Å². The van der Waals surface area contributed by atoms with E-state index >= 15 is 0 Å². The highest BCUT2D eigenvalue weighted by Crippen LogP contribution is 2.76. The van der Waals surface area contributed by atoms with Crippen LogP contribution in [0.25, 0.3) is 0 Å². The average molecular weight is 552 g/mol. The first-order valence-corrected chi connectivity index (χ1v) is 16.7. The normalized spacial score (nSPS) is 45.9. The van der Waals surface area contributed by atoms with E-state index in [1.54, 1.807) is 5.57 Å². The Morgan fingerprint density at radius 3 is 2.35 bits per heavy atom. The number of hydrogen-bond acceptors (Lipinski definition) is 3. The quantitative estimate of drug-likeness (QED) is 0.264. The number of methoxy groups -OCH3 is 1. The van der Waals surface area contributed by atoms with Gasteiger partial charge in [0.1, 0.15) is 0 Å². The van der Waals surface area contributed by atoms with E-state index < -0.39 is 5.41 Å². The SMILES string of the molecule is C=C(C)[C@@H]1CC[C@]2(N)CC[C@]3(C)[C@H](CC[C@@H]4[C@@]5(C)CC=C(CCCC(C)(C)C(=O)OC)C(C)(C)[C@@H]5CC[C@]43C)[C@@H]12. The van der Waals surface area contributed by atoms with E-state index in [2.05, 4.69) is 54.2 Å². The molecular weight excluding hydrogens is 490 g/mol. The fourth-order valence-corrected chi connectivity index (χ4v) is 12.4. The molecule has 226 valence electrons. The van der Waals surface area contributed by atoms with Gasteiger partial charge in [-0.15, -0.1) is 0 Å². The molecule has 4 saturated carbocycles. The first kappa shape index (κ1) is 30.4. The van der Waals surface area contributed by atoms with Crippen LogP contribution in [0.2, 0.25) is 0 Å². The summed E-state index contributed by atoms with van der Waals surface area (Å²) in [6.07, 6.45) is 17.3. The zero-order chi connectivity index (χ0) is 29.5. The summed E-state index contributed by atoms with van der Waals surface area (Å²) >= 11 is 0. The van der Waals surface area contributed by atoms with Gasteiger partial charge < -0.3 is 10.5 Å². The first-order valence-electron chi connectivity index (χ1n) is 16.7. The van der Waals surface area contributed by atoms with Crippen LogP contribution >= 0.6 is 0 Å². The van der Waals surface area contributed by atoms with E-state index in [-0.39, 0.29) is 16.9 Å². The summed E-state index contributed by atoms with van der Waals surface area (Å²) in [7, 11) is 1.51. The molecule has 0 aromatic carbocycles. The minimum absolute atomic E-state index is 0.0327. The molecule has 0 bridgehead atoms. The van der Waals surface area contributed by atoms with E-state index in [4.69, 9.17) is 10.5 Å².